The molecule has 1 N–H and O–H groups in total. The highest BCUT2D eigenvalue weighted by Crippen LogP contribution is 2.36. The van der Waals surface area contributed by atoms with Crippen LogP contribution in [0.15, 0.2) is 40.9 Å². The predicted octanol–water partition coefficient (Wildman–Crippen LogP) is 5.34. The fourth-order valence-electron chi connectivity index (χ4n) is 2.53. The van der Waals surface area contributed by atoms with Gasteiger partial charge in [0.2, 0.25) is 0 Å². The molecule has 1 atom stereocenters. The number of hydrogen-bond acceptors (Lipinski definition) is 1. The van der Waals surface area contributed by atoms with Gasteiger partial charge in [0.15, 0.2) is 0 Å². The molecule has 0 saturated carbocycles. The molecule has 0 heterocycles. The number of fused-ring (bicyclic) bond motifs is 1. The van der Waals surface area contributed by atoms with E-state index in [9.17, 15) is 4.39 Å². The first-order valence-electron chi connectivity index (χ1n) is 6.13. The maximum atomic E-state index is 13.8. The third-order valence-electron chi connectivity index (χ3n) is 3.44. The molecule has 19 heavy (non-hydrogen) atoms. The van der Waals surface area contributed by atoms with Crippen LogP contribution < -0.4 is 5.32 Å². The minimum atomic E-state index is -0.231. The Morgan fingerprint density at radius 1 is 1.21 bits per heavy atom. The number of benzene rings is 2. The monoisotopic (exact) mass is 339 g/mol. The Morgan fingerprint density at radius 2 is 2.05 bits per heavy atom. The molecule has 0 fully saturated rings. The van der Waals surface area contributed by atoms with E-state index in [1.54, 1.807) is 12.1 Å². The maximum Gasteiger partial charge on any atom is 0.146 e. The average molecular weight is 341 g/mol. The first kappa shape index (κ1) is 12.9. The lowest BCUT2D eigenvalue weighted by Gasteiger charge is -2.16. The summed E-state index contributed by atoms with van der Waals surface area (Å²) in [4.78, 5) is 0. The highest BCUT2D eigenvalue weighted by Gasteiger charge is 2.23. The van der Waals surface area contributed by atoms with Gasteiger partial charge in [0.05, 0.1) is 11.7 Å². The van der Waals surface area contributed by atoms with Crippen LogP contribution >= 0.6 is 27.5 Å². The van der Waals surface area contributed by atoms with Gasteiger partial charge in [-0.15, -0.1) is 0 Å². The van der Waals surface area contributed by atoms with Crippen molar-refractivity contribution >= 4 is 33.2 Å². The molecule has 2 aromatic rings. The summed E-state index contributed by atoms with van der Waals surface area (Å²) in [6.07, 6.45) is 1.94. The molecule has 0 amide bonds. The van der Waals surface area contributed by atoms with Gasteiger partial charge in [0.25, 0.3) is 0 Å². The Kier molecular flexibility index (Phi) is 3.50. The quantitative estimate of drug-likeness (QED) is 0.778. The molecule has 4 heteroatoms. The second kappa shape index (κ2) is 5.14. The highest BCUT2D eigenvalue weighted by molar-refractivity contribution is 9.10. The summed E-state index contributed by atoms with van der Waals surface area (Å²) in [6.45, 7) is 0. The van der Waals surface area contributed by atoms with Crippen molar-refractivity contribution in [3.63, 3.8) is 0 Å². The van der Waals surface area contributed by atoms with Crippen molar-refractivity contribution in [3.05, 3.63) is 62.8 Å². The van der Waals surface area contributed by atoms with E-state index < -0.39 is 0 Å². The van der Waals surface area contributed by atoms with E-state index in [4.69, 9.17) is 11.6 Å². The van der Waals surface area contributed by atoms with E-state index in [-0.39, 0.29) is 11.9 Å². The fourth-order valence-corrected chi connectivity index (χ4v) is 3.09. The highest BCUT2D eigenvalue weighted by atomic mass is 79.9. The lowest BCUT2D eigenvalue weighted by atomic mass is 10.1. The molecule has 0 bridgehead atoms. The standard InChI is InChI=1S/C15H12BrClFN/c16-10-2-5-13(18)15(8-10)19-14-6-1-9-7-11(17)3-4-12(9)14/h2-5,7-8,14,19H,1,6H2. The van der Waals surface area contributed by atoms with Gasteiger partial charge in [0.1, 0.15) is 5.82 Å². The minimum Gasteiger partial charge on any atom is -0.376 e. The summed E-state index contributed by atoms with van der Waals surface area (Å²) in [5.74, 6) is -0.231. The van der Waals surface area contributed by atoms with Gasteiger partial charge in [0, 0.05) is 9.50 Å². The summed E-state index contributed by atoms with van der Waals surface area (Å²) < 4.78 is 14.6. The number of anilines is 1. The average Bonchev–Trinajstić information content (AvgIpc) is 2.76. The zero-order chi connectivity index (χ0) is 13.4. The topological polar surface area (TPSA) is 12.0 Å². The van der Waals surface area contributed by atoms with Crippen molar-refractivity contribution in [2.24, 2.45) is 0 Å². The van der Waals surface area contributed by atoms with Gasteiger partial charge in [-0.3, -0.25) is 0 Å². The summed E-state index contributed by atoms with van der Waals surface area (Å²) in [6, 6.07) is 11.0. The Bertz CT molecular complexity index is 630. The number of rotatable bonds is 2. The van der Waals surface area contributed by atoms with Gasteiger partial charge >= 0.3 is 0 Å². The Labute approximate surface area is 124 Å². The van der Waals surface area contributed by atoms with E-state index in [0.717, 1.165) is 22.3 Å². The van der Waals surface area contributed by atoms with Gasteiger partial charge in [-0.2, -0.15) is 0 Å². The van der Waals surface area contributed by atoms with Crippen molar-refractivity contribution in [3.8, 4) is 0 Å². The minimum absolute atomic E-state index is 0.149. The fraction of sp³-hybridized carbons (Fsp3) is 0.200. The van der Waals surface area contributed by atoms with Crippen LogP contribution in [0.1, 0.15) is 23.6 Å². The van der Waals surface area contributed by atoms with E-state index in [0.29, 0.717) is 5.69 Å². The first-order chi connectivity index (χ1) is 9.13. The molecule has 0 radical (unpaired) electrons. The largest absolute Gasteiger partial charge is 0.376 e. The molecule has 0 aromatic heterocycles. The summed E-state index contributed by atoms with van der Waals surface area (Å²) >= 11 is 9.35. The molecule has 0 aliphatic heterocycles. The second-order valence-corrected chi connectivity index (χ2v) is 6.06. The van der Waals surface area contributed by atoms with Crippen LogP contribution in [0.5, 0.6) is 0 Å². The van der Waals surface area contributed by atoms with E-state index in [2.05, 4.69) is 21.2 Å². The summed E-state index contributed by atoms with van der Waals surface area (Å²) in [5.41, 5.74) is 2.99. The van der Waals surface area contributed by atoms with Crippen molar-refractivity contribution in [2.75, 3.05) is 5.32 Å². The van der Waals surface area contributed by atoms with Crippen molar-refractivity contribution < 1.29 is 4.39 Å². The van der Waals surface area contributed by atoms with Crippen LogP contribution in [0.4, 0.5) is 10.1 Å². The molecular formula is C15H12BrClFN. The predicted molar refractivity (Wildman–Crippen MR) is 80.2 cm³/mol. The number of aryl methyl sites for hydroxylation is 1. The Hall–Kier alpha value is -1.06. The molecule has 2 aromatic carbocycles. The first-order valence-corrected chi connectivity index (χ1v) is 7.30. The van der Waals surface area contributed by atoms with Gasteiger partial charge < -0.3 is 5.32 Å². The lowest BCUT2D eigenvalue weighted by molar-refractivity contribution is 0.624. The van der Waals surface area contributed by atoms with Crippen molar-refractivity contribution in [2.45, 2.75) is 18.9 Å². The molecule has 0 spiro atoms. The van der Waals surface area contributed by atoms with E-state index in [1.807, 2.05) is 18.2 Å². The molecule has 1 aliphatic carbocycles. The van der Waals surface area contributed by atoms with Crippen LogP contribution in [0.25, 0.3) is 0 Å². The molecule has 3 rings (SSSR count). The SMILES string of the molecule is Fc1ccc(Br)cc1NC1CCc2cc(Cl)ccc21. The van der Waals surface area contributed by atoms with E-state index in [1.165, 1.54) is 17.2 Å². The third kappa shape index (κ3) is 2.63. The molecule has 1 aliphatic rings. The zero-order valence-corrected chi connectivity index (χ0v) is 12.4. The van der Waals surface area contributed by atoms with Crippen molar-refractivity contribution in [1.82, 2.24) is 0 Å². The number of hydrogen-bond donors (Lipinski definition) is 1. The normalized spacial score (nSPS) is 17.3. The Balaban J connectivity index is 1.88. The van der Waals surface area contributed by atoms with Gasteiger partial charge in [-0.25, -0.2) is 4.39 Å². The molecule has 0 saturated heterocycles. The smallest absolute Gasteiger partial charge is 0.146 e. The zero-order valence-electron chi connectivity index (χ0n) is 10.1. The maximum absolute atomic E-state index is 13.8. The molecule has 1 unspecified atom stereocenters. The van der Waals surface area contributed by atoms with E-state index >= 15 is 0 Å². The Morgan fingerprint density at radius 3 is 2.89 bits per heavy atom. The third-order valence-corrected chi connectivity index (χ3v) is 4.17. The van der Waals surface area contributed by atoms with Crippen LogP contribution in [0.2, 0.25) is 5.02 Å². The second-order valence-electron chi connectivity index (χ2n) is 4.70. The lowest BCUT2D eigenvalue weighted by Crippen LogP contribution is -2.08. The molecule has 1 nitrogen and oxygen atoms in total. The number of nitrogens with one attached hydrogen (secondary N) is 1. The van der Waals surface area contributed by atoms with Crippen LogP contribution in [0, 0.1) is 5.82 Å². The van der Waals surface area contributed by atoms with Crippen LogP contribution in [0.3, 0.4) is 0 Å². The molecule has 98 valence electrons. The van der Waals surface area contributed by atoms with Crippen molar-refractivity contribution in [1.29, 1.82) is 0 Å². The summed E-state index contributed by atoms with van der Waals surface area (Å²) in [7, 11) is 0. The number of halogens is 3. The van der Waals surface area contributed by atoms with Crippen LogP contribution in [-0.2, 0) is 6.42 Å². The molecular weight excluding hydrogens is 329 g/mol. The van der Waals surface area contributed by atoms with Gasteiger partial charge in [-0.1, -0.05) is 33.6 Å². The summed E-state index contributed by atoms with van der Waals surface area (Å²) in [5, 5.41) is 4.03. The van der Waals surface area contributed by atoms with Gasteiger partial charge in [-0.05, 0) is 54.3 Å². The van der Waals surface area contributed by atoms with Crippen LogP contribution in [-0.4, -0.2) is 0 Å².